The zero-order valence-corrected chi connectivity index (χ0v) is 12.7. The highest BCUT2D eigenvalue weighted by Crippen LogP contribution is 2.28. The molecule has 2 heterocycles. The number of rotatable bonds is 7. The van der Waals surface area contributed by atoms with E-state index >= 15 is 0 Å². The minimum atomic E-state index is -0.0405. The van der Waals surface area contributed by atoms with Gasteiger partial charge in [-0.1, -0.05) is 41.8 Å². The molecule has 8 heteroatoms. The van der Waals surface area contributed by atoms with E-state index in [-0.39, 0.29) is 5.91 Å². The number of hydrogen-bond acceptors (Lipinski definition) is 7. The van der Waals surface area contributed by atoms with Crippen LogP contribution in [-0.2, 0) is 11.3 Å². The second-order valence-electron chi connectivity index (χ2n) is 3.41. The molecule has 2 aromatic heterocycles. The Hall–Kier alpha value is -0.990. The van der Waals surface area contributed by atoms with E-state index in [4.69, 9.17) is 4.42 Å². The zero-order chi connectivity index (χ0) is 13.5. The first kappa shape index (κ1) is 14.4. The van der Waals surface area contributed by atoms with Crippen LogP contribution in [0.15, 0.2) is 31.5 Å². The minimum Gasteiger partial charge on any atom is -0.467 e. The van der Waals surface area contributed by atoms with Crippen molar-refractivity contribution in [1.29, 1.82) is 0 Å². The molecule has 0 aliphatic heterocycles. The predicted octanol–water partition coefficient (Wildman–Crippen LogP) is 2.65. The van der Waals surface area contributed by atoms with E-state index in [1.165, 1.54) is 23.1 Å². The summed E-state index contributed by atoms with van der Waals surface area (Å²) in [6.45, 7) is 2.49. The first-order valence-corrected chi connectivity index (χ1v) is 8.45. The summed E-state index contributed by atoms with van der Waals surface area (Å²) in [7, 11) is 0. The molecule has 102 valence electrons. The van der Waals surface area contributed by atoms with Crippen molar-refractivity contribution in [2.24, 2.45) is 0 Å². The van der Waals surface area contributed by atoms with Crippen LogP contribution in [0.5, 0.6) is 0 Å². The topological polar surface area (TPSA) is 68.0 Å². The lowest BCUT2D eigenvalue weighted by Gasteiger charge is -2.01. The van der Waals surface area contributed by atoms with Crippen molar-refractivity contribution in [3.05, 3.63) is 24.2 Å². The number of hydrogen-bond donors (Lipinski definition) is 1. The number of thioether (sulfide) groups is 2. The predicted molar refractivity (Wildman–Crippen MR) is 77.6 cm³/mol. The average Bonchev–Trinajstić information content (AvgIpc) is 3.05. The van der Waals surface area contributed by atoms with Crippen molar-refractivity contribution < 1.29 is 9.21 Å². The number of nitrogens with zero attached hydrogens (tertiary/aromatic N) is 2. The largest absolute Gasteiger partial charge is 0.467 e. The molecular formula is C11H13N3O2S3. The van der Waals surface area contributed by atoms with Gasteiger partial charge < -0.3 is 9.73 Å². The Morgan fingerprint density at radius 3 is 2.89 bits per heavy atom. The first-order chi connectivity index (χ1) is 9.28. The van der Waals surface area contributed by atoms with Gasteiger partial charge in [-0.25, -0.2) is 0 Å². The van der Waals surface area contributed by atoms with E-state index < -0.39 is 0 Å². The minimum absolute atomic E-state index is 0.0405. The summed E-state index contributed by atoms with van der Waals surface area (Å²) in [6.07, 6.45) is 1.59. The molecule has 1 N–H and O–H groups in total. The van der Waals surface area contributed by atoms with Gasteiger partial charge in [-0.2, -0.15) is 0 Å². The third-order valence-corrected chi connectivity index (χ3v) is 5.09. The zero-order valence-electron chi connectivity index (χ0n) is 10.3. The van der Waals surface area contributed by atoms with Crippen molar-refractivity contribution in [1.82, 2.24) is 15.5 Å². The monoisotopic (exact) mass is 315 g/mol. The van der Waals surface area contributed by atoms with Gasteiger partial charge in [0.25, 0.3) is 0 Å². The van der Waals surface area contributed by atoms with Crippen LogP contribution in [0.25, 0.3) is 0 Å². The number of carbonyl (C=O) groups excluding carboxylic acids is 1. The van der Waals surface area contributed by atoms with Gasteiger partial charge in [0.15, 0.2) is 8.68 Å². The molecule has 0 aromatic carbocycles. The van der Waals surface area contributed by atoms with E-state index in [2.05, 4.69) is 22.4 Å². The van der Waals surface area contributed by atoms with E-state index in [9.17, 15) is 4.79 Å². The molecule has 2 aromatic rings. The fourth-order valence-electron chi connectivity index (χ4n) is 1.21. The van der Waals surface area contributed by atoms with Crippen molar-refractivity contribution in [2.75, 3.05) is 11.5 Å². The molecule has 2 rings (SSSR count). The lowest BCUT2D eigenvalue weighted by molar-refractivity contribution is -0.118. The third-order valence-electron chi connectivity index (χ3n) is 2.02. The maximum atomic E-state index is 11.6. The first-order valence-electron chi connectivity index (χ1n) is 5.66. The molecule has 0 aliphatic rings. The second kappa shape index (κ2) is 7.56. The van der Waals surface area contributed by atoms with Crippen molar-refractivity contribution in [3.8, 4) is 0 Å². The molecule has 0 atom stereocenters. The Balaban J connectivity index is 1.70. The Kier molecular flexibility index (Phi) is 5.74. The summed E-state index contributed by atoms with van der Waals surface area (Å²) < 4.78 is 6.90. The molecule has 0 aliphatic carbocycles. The fourth-order valence-corrected chi connectivity index (χ4v) is 3.96. The van der Waals surface area contributed by atoms with Crippen LogP contribution in [0.1, 0.15) is 12.7 Å². The quantitative estimate of drug-likeness (QED) is 0.792. The van der Waals surface area contributed by atoms with Gasteiger partial charge in [-0.05, 0) is 17.9 Å². The van der Waals surface area contributed by atoms with Crippen LogP contribution < -0.4 is 5.32 Å². The smallest absolute Gasteiger partial charge is 0.230 e. The van der Waals surface area contributed by atoms with Crippen molar-refractivity contribution in [2.45, 2.75) is 22.1 Å². The second-order valence-corrected chi connectivity index (χ2v) is 7.12. The molecule has 0 unspecified atom stereocenters. The van der Waals surface area contributed by atoms with Gasteiger partial charge in [0.2, 0.25) is 5.91 Å². The summed E-state index contributed by atoms with van der Waals surface area (Å²) in [5, 5.41) is 10.8. The highest BCUT2D eigenvalue weighted by Gasteiger charge is 2.08. The molecule has 5 nitrogen and oxygen atoms in total. The lowest BCUT2D eigenvalue weighted by atomic mass is 10.4. The van der Waals surface area contributed by atoms with Crippen LogP contribution in [0.3, 0.4) is 0 Å². The van der Waals surface area contributed by atoms with Crippen molar-refractivity contribution >= 4 is 40.8 Å². The molecule has 0 saturated heterocycles. The molecule has 0 bridgehead atoms. The highest BCUT2D eigenvalue weighted by molar-refractivity contribution is 8.03. The van der Waals surface area contributed by atoms with E-state index in [0.29, 0.717) is 12.3 Å². The fraction of sp³-hybridized carbons (Fsp3) is 0.364. The van der Waals surface area contributed by atoms with Gasteiger partial charge in [0, 0.05) is 0 Å². The highest BCUT2D eigenvalue weighted by atomic mass is 32.2. The van der Waals surface area contributed by atoms with Crippen LogP contribution in [-0.4, -0.2) is 27.6 Å². The Morgan fingerprint density at radius 2 is 2.21 bits per heavy atom. The summed E-state index contributed by atoms with van der Waals surface area (Å²) >= 11 is 4.58. The maximum Gasteiger partial charge on any atom is 0.230 e. The maximum absolute atomic E-state index is 11.6. The van der Waals surface area contributed by atoms with E-state index in [1.54, 1.807) is 24.1 Å². The molecule has 1 amide bonds. The summed E-state index contributed by atoms with van der Waals surface area (Å²) in [4.78, 5) is 11.6. The van der Waals surface area contributed by atoms with Crippen molar-refractivity contribution in [3.63, 3.8) is 0 Å². The van der Waals surface area contributed by atoms with Gasteiger partial charge in [0.1, 0.15) is 5.76 Å². The number of nitrogens with one attached hydrogen (secondary N) is 1. The van der Waals surface area contributed by atoms with Crippen LogP contribution in [0.2, 0.25) is 0 Å². The van der Waals surface area contributed by atoms with Gasteiger partial charge in [-0.15, -0.1) is 10.2 Å². The average molecular weight is 315 g/mol. The number of aromatic nitrogens is 2. The van der Waals surface area contributed by atoms with Crippen LogP contribution >= 0.6 is 34.9 Å². The number of amides is 1. The third kappa shape index (κ3) is 4.88. The molecule has 0 spiro atoms. The van der Waals surface area contributed by atoms with E-state index in [0.717, 1.165) is 20.2 Å². The Bertz CT molecular complexity index is 513. The Morgan fingerprint density at radius 1 is 1.42 bits per heavy atom. The summed E-state index contributed by atoms with van der Waals surface area (Å²) in [5.41, 5.74) is 0. The van der Waals surface area contributed by atoms with Crippen LogP contribution in [0, 0.1) is 0 Å². The van der Waals surface area contributed by atoms with Gasteiger partial charge in [0.05, 0.1) is 18.6 Å². The Labute approximate surface area is 123 Å². The lowest BCUT2D eigenvalue weighted by Crippen LogP contribution is -2.24. The standard InChI is InChI=1S/C11H13N3O2S3/c1-2-17-10-13-14-11(19-10)18-7-9(15)12-6-8-4-3-5-16-8/h3-5H,2,6-7H2,1H3,(H,12,15). The molecule has 0 saturated carbocycles. The molecule has 19 heavy (non-hydrogen) atoms. The number of furan rings is 1. The number of carbonyl (C=O) groups is 1. The molecule has 0 radical (unpaired) electrons. The van der Waals surface area contributed by atoms with Crippen LogP contribution in [0.4, 0.5) is 0 Å². The molecule has 0 fully saturated rings. The SMILES string of the molecule is CCSc1nnc(SCC(=O)NCc2ccco2)s1. The van der Waals surface area contributed by atoms with E-state index in [1.807, 2.05) is 6.07 Å². The summed E-state index contributed by atoms with van der Waals surface area (Å²) in [6, 6.07) is 3.62. The summed E-state index contributed by atoms with van der Waals surface area (Å²) in [5.74, 6) is 2.02. The van der Waals surface area contributed by atoms with Gasteiger partial charge in [-0.3, -0.25) is 4.79 Å². The molecular weight excluding hydrogens is 302 g/mol. The normalized spacial score (nSPS) is 10.6. The van der Waals surface area contributed by atoms with Gasteiger partial charge >= 0.3 is 0 Å².